The largest absolute Gasteiger partial charge is 0.488 e. The Hall–Kier alpha value is -3.66. The molecule has 2 fully saturated rings. The van der Waals surface area contributed by atoms with Crippen LogP contribution in [0.3, 0.4) is 0 Å². The lowest BCUT2D eigenvalue weighted by Crippen LogP contribution is -2.49. The number of piperazine rings is 1. The van der Waals surface area contributed by atoms with Crippen LogP contribution in [0.25, 0.3) is 0 Å². The first kappa shape index (κ1) is 26.9. The lowest BCUT2D eigenvalue weighted by Gasteiger charge is -2.35. The van der Waals surface area contributed by atoms with Gasteiger partial charge in [-0.1, -0.05) is 0 Å². The van der Waals surface area contributed by atoms with Gasteiger partial charge in [0.1, 0.15) is 11.9 Å². The molecule has 1 aliphatic carbocycles. The van der Waals surface area contributed by atoms with Crippen LogP contribution in [0.5, 0.6) is 5.75 Å². The van der Waals surface area contributed by atoms with Crippen molar-refractivity contribution in [3.8, 4) is 11.8 Å². The van der Waals surface area contributed by atoms with Crippen LogP contribution in [0.15, 0.2) is 29.3 Å². The van der Waals surface area contributed by atoms with Gasteiger partial charge >= 0.3 is 6.18 Å². The molecule has 0 aromatic carbocycles. The van der Waals surface area contributed by atoms with Gasteiger partial charge in [0, 0.05) is 38.8 Å². The number of H-pyrrole nitrogens is 1. The van der Waals surface area contributed by atoms with E-state index in [1.165, 1.54) is 0 Å². The molecule has 4 rings (SSSR count). The Morgan fingerprint density at radius 1 is 1.19 bits per heavy atom. The van der Waals surface area contributed by atoms with Crippen molar-refractivity contribution in [1.29, 1.82) is 5.26 Å². The van der Waals surface area contributed by atoms with E-state index in [1.807, 2.05) is 12.1 Å². The highest BCUT2D eigenvalue weighted by atomic mass is 19.4. The van der Waals surface area contributed by atoms with Gasteiger partial charge in [-0.2, -0.15) is 23.5 Å². The summed E-state index contributed by atoms with van der Waals surface area (Å²) in [5.41, 5.74) is -2.03. The number of nitrogens with one attached hydrogen (secondary N) is 1. The monoisotopic (exact) mass is 508 g/mol. The zero-order valence-electron chi connectivity index (χ0n) is 19.5. The molecule has 0 atom stereocenters. The van der Waals surface area contributed by atoms with Crippen molar-refractivity contribution in [2.45, 2.75) is 44.4 Å². The van der Waals surface area contributed by atoms with Crippen LogP contribution in [0.4, 0.5) is 19.0 Å². The first-order valence-electron chi connectivity index (χ1n) is 11.5. The fraction of sp³-hybridized carbons (Fsp3) is 0.522. The van der Waals surface area contributed by atoms with Gasteiger partial charge in [0.15, 0.2) is 11.3 Å². The highest BCUT2D eigenvalue weighted by Crippen LogP contribution is 2.34. The number of amides is 1. The number of carbonyl (C=O) groups is 1. The number of nitrogens with zero attached hydrogens (tertiary/aromatic N) is 5. The fourth-order valence-corrected chi connectivity index (χ4v) is 4.00. The van der Waals surface area contributed by atoms with Crippen molar-refractivity contribution in [1.82, 2.24) is 20.1 Å². The number of pyridine rings is 1. The zero-order chi connectivity index (χ0) is 26.1. The maximum absolute atomic E-state index is 12.7. The van der Waals surface area contributed by atoms with Gasteiger partial charge in [-0.25, -0.2) is 10.1 Å². The van der Waals surface area contributed by atoms with Crippen LogP contribution < -0.4 is 15.2 Å². The minimum absolute atomic E-state index is 0.00469. The zero-order valence-corrected chi connectivity index (χ0v) is 19.5. The first-order valence-corrected chi connectivity index (χ1v) is 11.5. The number of aromatic amines is 1. The van der Waals surface area contributed by atoms with E-state index >= 15 is 0 Å². The van der Waals surface area contributed by atoms with Gasteiger partial charge in [0.05, 0.1) is 24.5 Å². The van der Waals surface area contributed by atoms with Crippen molar-refractivity contribution in [3.63, 3.8) is 0 Å². The smallest absolute Gasteiger partial charge is 0.425 e. The molecule has 2 aromatic rings. The van der Waals surface area contributed by atoms with E-state index in [1.54, 1.807) is 22.3 Å². The number of ether oxygens (including phenoxy) is 1. The Balaban J connectivity index is 0.000000202. The molecular formula is C23H27F3N6O4. The van der Waals surface area contributed by atoms with E-state index in [0.717, 1.165) is 37.9 Å². The summed E-state index contributed by atoms with van der Waals surface area (Å²) in [5, 5.41) is 22.6. The number of aromatic nitrogens is 3. The highest BCUT2D eigenvalue weighted by molar-refractivity contribution is 5.76. The molecule has 0 unspecified atom stereocenters. The Morgan fingerprint density at radius 2 is 1.89 bits per heavy atom. The molecule has 1 saturated carbocycles. The molecule has 0 spiro atoms. The van der Waals surface area contributed by atoms with Crippen LogP contribution in [-0.2, 0) is 11.0 Å². The fourth-order valence-electron chi connectivity index (χ4n) is 4.00. The molecule has 1 amide bonds. The number of aliphatic hydroxyl groups excluding tert-OH is 1. The molecule has 1 aliphatic heterocycles. The predicted molar refractivity (Wildman–Crippen MR) is 122 cm³/mol. The third kappa shape index (κ3) is 7.17. The summed E-state index contributed by atoms with van der Waals surface area (Å²) < 4.78 is 43.2. The molecule has 0 radical (unpaired) electrons. The summed E-state index contributed by atoms with van der Waals surface area (Å²) in [7, 11) is 0. The lowest BCUT2D eigenvalue weighted by atomic mass is 10.2. The topological polar surface area (TPSA) is 135 Å². The third-order valence-electron chi connectivity index (χ3n) is 5.86. The summed E-state index contributed by atoms with van der Waals surface area (Å²) in [4.78, 5) is 30.8. The molecular weight excluding hydrogens is 481 g/mol. The minimum atomic E-state index is -4.73. The van der Waals surface area contributed by atoms with Gasteiger partial charge in [0.25, 0.3) is 5.56 Å². The van der Waals surface area contributed by atoms with Crippen molar-refractivity contribution in [2.75, 3.05) is 37.7 Å². The van der Waals surface area contributed by atoms with Crippen LogP contribution >= 0.6 is 0 Å². The Bertz CT molecular complexity index is 1100. The first-order chi connectivity index (χ1) is 17.2. The molecule has 3 heterocycles. The van der Waals surface area contributed by atoms with Crippen LogP contribution in [0.2, 0.25) is 0 Å². The second-order valence-electron chi connectivity index (χ2n) is 8.32. The molecule has 2 aromatic heterocycles. The number of nitriles is 1. The SMILES string of the molecule is N#Cc1ccc(N2CCN(C(=O)CCO)CC2)nc1.O=c1[nH]ncc(OC2CCCC2)c1C(F)(F)F. The molecule has 1 saturated heterocycles. The lowest BCUT2D eigenvalue weighted by molar-refractivity contribution is -0.140. The molecule has 10 nitrogen and oxygen atoms in total. The van der Waals surface area contributed by atoms with E-state index in [4.69, 9.17) is 15.1 Å². The Morgan fingerprint density at radius 3 is 2.44 bits per heavy atom. The molecule has 13 heteroatoms. The van der Waals surface area contributed by atoms with Crippen molar-refractivity contribution >= 4 is 11.7 Å². The van der Waals surface area contributed by atoms with E-state index in [0.29, 0.717) is 31.5 Å². The number of rotatable bonds is 5. The van der Waals surface area contributed by atoms with Gasteiger partial charge in [0.2, 0.25) is 5.91 Å². The average Bonchev–Trinajstić information content (AvgIpc) is 3.37. The maximum atomic E-state index is 12.7. The third-order valence-corrected chi connectivity index (χ3v) is 5.86. The van der Waals surface area contributed by atoms with E-state index in [-0.39, 0.29) is 25.0 Å². The standard InChI is InChI=1S/C13H16N4O2.C10H11F3N2O2/c14-9-11-1-2-12(15-10-11)16-4-6-17(7-5-16)13(19)3-8-18;11-10(12,13)8-7(5-14-15-9(8)16)17-6-3-1-2-4-6/h1-2,10,18H,3-8H2;5-6H,1-4H2,(H,15,16). The molecule has 36 heavy (non-hydrogen) atoms. The summed E-state index contributed by atoms with van der Waals surface area (Å²) in [5.74, 6) is 0.344. The van der Waals surface area contributed by atoms with Gasteiger partial charge in [-0.3, -0.25) is 9.59 Å². The highest BCUT2D eigenvalue weighted by Gasteiger charge is 2.39. The number of carbonyl (C=O) groups excluding carboxylic acids is 1. The minimum Gasteiger partial charge on any atom is -0.488 e. The normalized spacial score (nSPS) is 16.2. The second-order valence-corrected chi connectivity index (χ2v) is 8.32. The predicted octanol–water partition coefficient (Wildman–Crippen LogP) is 2.09. The van der Waals surface area contributed by atoms with E-state index in [2.05, 4.69) is 15.0 Å². The molecule has 2 N–H and O–H groups in total. The summed E-state index contributed by atoms with van der Waals surface area (Å²) in [6.07, 6.45) is 0.958. The van der Waals surface area contributed by atoms with Crippen LogP contribution in [0, 0.1) is 11.3 Å². The molecule has 0 bridgehead atoms. The number of hydrogen-bond donors (Lipinski definition) is 2. The van der Waals surface area contributed by atoms with Crippen LogP contribution in [-0.4, -0.2) is 70.0 Å². The summed E-state index contributed by atoms with van der Waals surface area (Å²) in [6, 6.07) is 5.60. The molecule has 2 aliphatic rings. The summed E-state index contributed by atoms with van der Waals surface area (Å²) >= 11 is 0. The van der Waals surface area contributed by atoms with E-state index in [9.17, 15) is 22.8 Å². The Labute approximate surface area is 205 Å². The number of anilines is 1. The van der Waals surface area contributed by atoms with Crippen molar-refractivity contribution in [3.05, 3.63) is 46.0 Å². The van der Waals surface area contributed by atoms with E-state index < -0.39 is 23.0 Å². The quantitative estimate of drug-likeness (QED) is 0.627. The van der Waals surface area contributed by atoms with Crippen molar-refractivity contribution < 1.29 is 27.8 Å². The Kier molecular flexibility index (Phi) is 9.24. The van der Waals surface area contributed by atoms with Crippen molar-refractivity contribution in [2.24, 2.45) is 0 Å². The summed E-state index contributed by atoms with van der Waals surface area (Å²) in [6.45, 7) is 2.61. The van der Waals surface area contributed by atoms with Gasteiger partial charge < -0.3 is 19.6 Å². The second kappa shape index (κ2) is 12.3. The van der Waals surface area contributed by atoms with Crippen LogP contribution in [0.1, 0.15) is 43.2 Å². The number of halogens is 3. The maximum Gasteiger partial charge on any atom is 0.425 e. The average molecular weight is 509 g/mol. The van der Waals surface area contributed by atoms with Gasteiger partial charge in [-0.05, 0) is 37.8 Å². The number of alkyl halides is 3. The molecule has 194 valence electrons. The number of aliphatic hydroxyl groups is 1. The van der Waals surface area contributed by atoms with Gasteiger partial charge in [-0.15, -0.1) is 0 Å². The number of hydrogen-bond acceptors (Lipinski definition) is 8.